The van der Waals surface area contributed by atoms with E-state index in [0.717, 1.165) is 17.7 Å². The van der Waals surface area contributed by atoms with Crippen LogP contribution < -0.4 is 10.6 Å². The molecule has 1 fully saturated rings. The van der Waals surface area contributed by atoms with Crippen molar-refractivity contribution in [3.63, 3.8) is 0 Å². The zero-order valence-electron chi connectivity index (χ0n) is 9.28. The van der Waals surface area contributed by atoms with Gasteiger partial charge in [0.25, 0.3) is 0 Å². The topological polar surface area (TPSA) is 63.2 Å². The molecule has 92 valence electrons. The van der Waals surface area contributed by atoms with Crippen molar-refractivity contribution in [2.45, 2.75) is 12.5 Å². The van der Waals surface area contributed by atoms with Gasteiger partial charge in [-0.2, -0.15) is 0 Å². The van der Waals surface area contributed by atoms with Crippen LogP contribution >= 0.6 is 15.9 Å². The predicted octanol–water partition coefficient (Wildman–Crippen LogP) is 1.16. The van der Waals surface area contributed by atoms with Gasteiger partial charge in [-0.05, 0) is 28.1 Å². The predicted molar refractivity (Wildman–Crippen MR) is 67.8 cm³/mol. The minimum Gasteiger partial charge on any atom is -0.375 e. The third-order valence-corrected chi connectivity index (χ3v) is 2.90. The van der Waals surface area contributed by atoms with Gasteiger partial charge in [-0.1, -0.05) is 0 Å². The molecule has 0 spiro atoms. The molecule has 1 atom stereocenters. The first kappa shape index (κ1) is 12.5. The van der Waals surface area contributed by atoms with Crippen molar-refractivity contribution in [1.29, 1.82) is 0 Å². The Morgan fingerprint density at radius 1 is 1.65 bits per heavy atom. The van der Waals surface area contributed by atoms with E-state index in [-0.39, 0.29) is 12.0 Å². The van der Waals surface area contributed by atoms with Crippen LogP contribution in [0.4, 0.5) is 5.69 Å². The maximum absolute atomic E-state index is 11.7. The fraction of sp³-hybridized carbons (Fsp3) is 0.455. The zero-order valence-corrected chi connectivity index (χ0v) is 10.9. The number of aromatic nitrogens is 1. The van der Waals surface area contributed by atoms with E-state index in [1.165, 1.54) is 0 Å². The van der Waals surface area contributed by atoms with Gasteiger partial charge in [0.15, 0.2) is 0 Å². The molecule has 6 heteroatoms. The molecule has 0 radical (unpaired) electrons. The van der Waals surface area contributed by atoms with E-state index in [1.54, 1.807) is 18.3 Å². The molecule has 1 aliphatic heterocycles. The van der Waals surface area contributed by atoms with Crippen molar-refractivity contribution in [2.24, 2.45) is 0 Å². The standard InChI is InChI=1S/C11H14BrN3O2/c12-10-2-1-8(6-14-10)15-11(16)5-9-7-13-3-4-17-9/h1-2,6,9,13H,3-5,7H2,(H,15,16). The van der Waals surface area contributed by atoms with Gasteiger partial charge in [-0.25, -0.2) is 4.98 Å². The summed E-state index contributed by atoms with van der Waals surface area (Å²) in [6.07, 6.45) is 1.94. The molecular weight excluding hydrogens is 286 g/mol. The number of carbonyl (C=O) groups excluding carboxylic acids is 1. The van der Waals surface area contributed by atoms with Gasteiger partial charge >= 0.3 is 0 Å². The zero-order chi connectivity index (χ0) is 12.1. The highest BCUT2D eigenvalue weighted by molar-refractivity contribution is 9.10. The van der Waals surface area contributed by atoms with Gasteiger partial charge in [-0.3, -0.25) is 4.79 Å². The summed E-state index contributed by atoms with van der Waals surface area (Å²) < 4.78 is 6.20. The van der Waals surface area contributed by atoms with Crippen LogP contribution in [-0.4, -0.2) is 36.7 Å². The number of morpholine rings is 1. The normalized spacial score (nSPS) is 19.9. The monoisotopic (exact) mass is 299 g/mol. The Kier molecular flexibility index (Phi) is 4.47. The molecule has 2 heterocycles. The van der Waals surface area contributed by atoms with Crippen molar-refractivity contribution in [3.05, 3.63) is 22.9 Å². The lowest BCUT2D eigenvalue weighted by molar-refractivity contribution is -0.119. The van der Waals surface area contributed by atoms with E-state index in [4.69, 9.17) is 4.74 Å². The first-order valence-electron chi connectivity index (χ1n) is 5.48. The number of nitrogens with one attached hydrogen (secondary N) is 2. The molecule has 1 unspecified atom stereocenters. The Balaban J connectivity index is 1.82. The number of halogens is 1. The Morgan fingerprint density at radius 2 is 2.53 bits per heavy atom. The van der Waals surface area contributed by atoms with Crippen LogP contribution in [0.15, 0.2) is 22.9 Å². The third-order valence-electron chi connectivity index (χ3n) is 2.43. The summed E-state index contributed by atoms with van der Waals surface area (Å²) in [7, 11) is 0. The summed E-state index contributed by atoms with van der Waals surface area (Å²) in [4.78, 5) is 15.7. The van der Waals surface area contributed by atoms with Crippen molar-refractivity contribution in [2.75, 3.05) is 25.0 Å². The van der Waals surface area contributed by atoms with Crippen molar-refractivity contribution >= 4 is 27.5 Å². The number of anilines is 1. The van der Waals surface area contributed by atoms with Gasteiger partial charge in [0.05, 0.1) is 31.0 Å². The van der Waals surface area contributed by atoms with Crippen molar-refractivity contribution < 1.29 is 9.53 Å². The Bertz CT molecular complexity index is 377. The number of ether oxygens (including phenoxy) is 1. The number of hydrogen-bond donors (Lipinski definition) is 2. The number of amides is 1. The van der Waals surface area contributed by atoms with Crippen LogP contribution in [0.5, 0.6) is 0 Å². The number of hydrogen-bond acceptors (Lipinski definition) is 4. The highest BCUT2D eigenvalue weighted by Gasteiger charge is 2.17. The summed E-state index contributed by atoms with van der Waals surface area (Å²) in [6, 6.07) is 3.59. The summed E-state index contributed by atoms with van der Waals surface area (Å²) in [5, 5.41) is 5.97. The average Bonchev–Trinajstić information content (AvgIpc) is 2.33. The Labute approximate surface area is 108 Å². The molecule has 0 saturated carbocycles. The molecule has 17 heavy (non-hydrogen) atoms. The molecule has 0 aliphatic carbocycles. The van der Waals surface area contributed by atoms with E-state index in [9.17, 15) is 4.79 Å². The molecule has 0 aromatic carbocycles. The van der Waals surface area contributed by atoms with E-state index < -0.39 is 0 Å². The van der Waals surface area contributed by atoms with Crippen molar-refractivity contribution in [3.8, 4) is 0 Å². The second kappa shape index (κ2) is 6.09. The quantitative estimate of drug-likeness (QED) is 0.822. The number of pyridine rings is 1. The SMILES string of the molecule is O=C(CC1CNCCO1)Nc1ccc(Br)nc1. The van der Waals surface area contributed by atoms with Gasteiger partial charge in [-0.15, -0.1) is 0 Å². The fourth-order valence-electron chi connectivity index (χ4n) is 1.62. The van der Waals surface area contributed by atoms with Gasteiger partial charge in [0, 0.05) is 13.1 Å². The van der Waals surface area contributed by atoms with E-state index >= 15 is 0 Å². The summed E-state index contributed by atoms with van der Waals surface area (Å²) in [5.41, 5.74) is 0.696. The molecule has 2 N–H and O–H groups in total. The van der Waals surface area contributed by atoms with Gasteiger partial charge in [0.2, 0.25) is 5.91 Å². The second-order valence-corrected chi connectivity index (χ2v) is 4.63. The van der Waals surface area contributed by atoms with Crippen LogP contribution in [0, 0.1) is 0 Å². The molecule has 1 aliphatic rings. The van der Waals surface area contributed by atoms with Gasteiger partial charge < -0.3 is 15.4 Å². The Hall–Kier alpha value is -0.980. The maximum atomic E-state index is 11.7. The summed E-state index contributed by atoms with van der Waals surface area (Å²) >= 11 is 3.24. The maximum Gasteiger partial charge on any atom is 0.227 e. The van der Waals surface area contributed by atoms with Crippen molar-refractivity contribution in [1.82, 2.24) is 10.3 Å². The second-order valence-electron chi connectivity index (χ2n) is 3.82. The lowest BCUT2D eigenvalue weighted by Gasteiger charge is -2.22. The smallest absolute Gasteiger partial charge is 0.227 e. The molecule has 0 bridgehead atoms. The third kappa shape index (κ3) is 4.07. The number of rotatable bonds is 3. The summed E-state index contributed by atoms with van der Waals surface area (Å²) in [5.74, 6) is -0.0529. The van der Waals surface area contributed by atoms with Crippen LogP contribution in [0.1, 0.15) is 6.42 Å². The van der Waals surface area contributed by atoms with E-state index in [0.29, 0.717) is 18.7 Å². The first-order chi connectivity index (χ1) is 8.24. The molecule has 2 rings (SSSR count). The van der Waals surface area contributed by atoms with Crippen LogP contribution in [0.3, 0.4) is 0 Å². The molecule has 1 saturated heterocycles. The average molecular weight is 300 g/mol. The van der Waals surface area contributed by atoms with Gasteiger partial charge in [0.1, 0.15) is 4.60 Å². The first-order valence-corrected chi connectivity index (χ1v) is 6.27. The lowest BCUT2D eigenvalue weighted by Crippen LogP contribution is -2.40. The lowest BCUT2D eigenvalue weighted by atomic mass is 10.2. The fourth-order valence-corrected chi connectivity index (χ4v) is 1.85. The van der Waals surface area contributed by atoms with Crippen LogP contribution in [-0.2, 0) is 9.53 Å². The summed E-state index contributed by atoms with van der Waals surface area (Å²) in [6.45, 7) is 2.25. The number of carbonyl (C=O) groups is 1. The molecule has 1 aromatic heterocycles. The minimum atomic E-state index is -0.0529. The van der Waals surface area contributed by atoms with E-state index in [1.807, 2.05) is 0 Å². The highest BCUT2D eigenvalue weighted by atomic mass is 79.9. The van der Waals surface area contributed by atoms with E-state index in [2.05, 4.69) is 31.5 Å². The van der Waals surface area contributed by atoms with Crippen LogP contribution in [0.2, 0.25) is 0 Å². The molecular formula is C11H14BrN3O2. The molecule has 5 nitrogen and oxygen atoms in total. The Morgan fingerprint density at radius 3 is 3.18 bits per heavy atom. The largest absolute Gasteiger partial charge is 0.375 e. The highest BCUT2D eigenvalue weighted by Crippen LogP contribution is 2.11. The molecule has 1 aromatic rings. The number of nitrogens with zero attached hydrogens (tertiary/aromatic N) is 1. The minimum absolute atomic E-state index is 0.0350. The van der Waals surface area contributed by atoms with Crippen LogP contribution in [0.25, 0.3) is 0 Å². The molecule has 1 amide bonds.